The van der Waals surface area contributed by atoms with Gasteiger partial charge in [0.25, 0.3) is 11.1 Å². The fraction of sp³-hybridized carbons (Fsp3) is 0.190. The number of alkyl halides is 3. The number of carbonyl (C=O) groups is 3. The Bertz CT molecular complexity index is 1150. The van der Waals surface area contributed by atoms with E-state index in [1.165, 1.54) is 38.5 Å². The van der Waals surface area contributed by atoms with Crippen LogP contribution in [-0.2, 0) is 15.8 Å². The van der Waals surface area contributed by atoms with Crippen molar-refractivity contribution in [2.24, 2.45) is 0 Å². The highest BCUT2D eigenvalue weighted by molar-refractivity contribution is 8.18. The maximum absolute atomic E-state index is 13.0. The first-order valence-electron chi connectivity index (χ1n) is 9.21. The highest BCUT2D eigenvalue weighted by Crippen LogP contribution is 2.36. The number of ether oxygens (including phenoxy) is 2. The molecular weight excluding hydrogens is 465 g/mol. The van der Waals surface area contributed by atoms with Gasteiger partial charge in [-0.3, -0.25) is 19.3 Å². The Labute approximate surface area is 190 Å². The van der Waals surface area contributed by atoms with Gasteiger partial charge in [-0.05, 0) is 53.7 Å². The van der Waals surface area contributed by atoms with Crippen LogP contribution in [0.25, 0.3) is 6.08 Å². The molecule has 1 fully saturated rings. The third-order valence-electron chi connectivity index (χ3n) is 4.48. The van der Waals surface area contributed by atoms with Crippen LogP contribution in [0.2, 0.25) is 0 Å². The second kappa shape index (κ2) is 9.45. The summed E-state index contributed by atoms with van der Waals surface area (Å²) in [6.07, 6.45) is -3.25. The number of nitrogens with zero attached hydrogens (tertiary/aromatic N) is 1. The van der Waals surface area contributed by atoms with Gasteiger partial charge >= 0.3 is 6.18 Å². The van der Waals surface area contributed by atoms with Gasteiger partial charge < -0.3 is 19.9 Å². The van der Waals surface area contributed by atoms with Crippen LogP contribution in [0.5, 0.6) is 17.2 Å². The Balaban J connectivity index is 1.76. The first-order valence-corrected chi connectivity index (χ1v) is 10.0. The second-order valence-corrected chi connectivity index (χ2v) is 7.65. The molecule has 174 valence electrons. The number of imide groups is 1. The van der Waals surface area contributed by atoms with Crippen molar-refractivity contribution in [3.63, 3.8) is 0 Å². The first-order chi connectivity index (χ1) is 15.5. The topological polar surface area (TPSA) is 105 Å². The van der Waals surface area contributed by atoms with E-state index in [9.17, 15) is 32.7 Å². The molecule has 2 N–H and O–H groups in total. The van der Waals surface area contributed by atoms with E-state index in [1.807, 2.05) is 0 Å². The number of hydrogen-bond acceptors (Lipinski definition) is 7. The predicted molar refractivity (Wildman–Crippen MR) is 114 cm³/mol. The highest BCUT2D eigenvalue weighted by Gasteiger charge is 2.37. The molecule has 0 bridgehead atoms. The van der Waals surface area contributed by atoms with Crippen molar-refractivity contribution in [1.29, 1.82) is 0 Å². The molecule has 0 spiro atoms. The van der Waals surface area contributed by atoms with E-state index in [0.717, 1.165) is 12.1 Å². The van der Waals surface area contributed by atoms with Gasteiger partial charge in [-0.1, -0.05) is 6.07 Å². The largest absolute Gasteiger partial charge is 0.504 e. The van der Waals surface area contributed by atoms with Gasteiger partial charge in [0.05, 0.1) is 30.4 Å². The smallest absolute Gasteiger partial charge is 0.416 e. The molecule has 1 aliphatic heterocycles. The van der Waals surface area contributed by atoms with Crippen LogP contribution in [0.3, 0.4) is 0 Å². The van der Waals surface area contributed by atoms with Crippen LogP contribution in [0.15, 0.2) is 41.3 Å². The Morgan fingerprint density at radius 3 is 2.45 bits per heavy atom. The van der Waals surface area contributed by atoms with Crippen molar-refractivity contribution in [2.75, 3.05) is 26.1 Å². The lowest BCUT2D eigenvalue weighted by atomic mass is 10.1. The molecule has 3 amide bonds. The fourth-order valence-electron chi connectivity index (χ4n) is 2.89. The quantitative estimate of drug-likeness (QED) is 0.597. The molecule has 1 aliphatic rings. The normalized spacial score (nSPS) is 15.2. The molecule has 0 saturated carbocycles. The average molecular weight is 482 g/mol. The van der Waals surface area contributed by atoms with Crippen molar-refractivity contribution in [3.8, 4) is 17.2 Å². The van der Waals surface area contributed by atoms with Gasteiger partial charge in [-0.2, -0.15) is 13.2 Å². The Morgan fingerprint density at radius 2 is 1.82 bits per heavy atom. The van der Waals surface area contributed by atoms with Crippen LogP contribution in [0.4, 0.5) is 23.7 Å². The van der Waals surface area contributed by atoms with Crippen LogP contribution in [-0.4, -0.2) is 47.8 Å². The number of anilines is 1. The number of amides is 3. The monoisotopic (exact) mass is 482 g/mol. The SMILES string of the molecule is COc1cc(/C=C2\SC(=O)N(CC(=O)Nc3cc(C(F)(F)F)ccc3OC)C2=O)ccc1O. The van der Waals surface area contributed by atoms with Crippen molar-refractivity contribution in [3.05, 3.63) is 52.4 Å². The zero-order valence-corrected chi connectivity index (χ0v) is 18.0. The van der Waals surface area contributed by atoms with E-state index in [2.05, 4.69) is 5.32 Å². The van der Waals surface area contributed by atoms with Gasteiger partial charge in [0.1, 0.15) is 12.3 Å². The highest BCUT2D eigenvalue weighted by atomic mass is 32.2. The molecule has 1 heterocycles. The zero-order valence-electron chi connectivity index (χ0n) is 17.2. The van der Waals surface area contributed by atoms with Crippen LogP contribution in [0.1, 0.15) is 11.1 Å². The minimum absolute atomic E-state index is 0.0216. The third-order valence-corrected chi connectivity index (χ3v) is 5.39. The molecule has 2 aromatic rings. The number of methoxy groups -OCH3 is 2. The van der Waals surface area contributed by atoms with E-state index < -0.39 is 35.3 Å². The fourth-order valence-corrected chi connectivity index (χ4v) is 3.73. The van der Waals surface area contributed by atoms with E-state index in [-0.39, 0.29) is 27.8 Å². The third kappa shape index (κ3) is 5.40. The van der Waals surface area contributed by atoms with Gasteiger partial charge in [-0.15, -0.1) is 0 Å². The molecule has 0 unspecified atom stereocenters. The van der Waals surface area contributed by atoms with Crippen molar-refractivity contribution in [2.45, 2.75) is 6.18 Å². The van der Waals surface area contributed by atoms with Gasteiger partial charge in [0, 0.05) is 0 Å². The molecule has 0 aromatic heterocycles. The zero-order chi connectivity index (χ0) is 24.3. The Morgan fingerprint density at radius 1 is 1.12 bits per heavy atom. The standard InChI is InChI=1S/C21H17F3N2O6S/c1-31-15-6-4-12(21(22,23)24)9-13(15)25-18(28)10-26-19(29)17(33-20(26)30)8-11-3-5-14(27)16(7-11)32-2/h3-9,27H,10H2,1-2H3,(H,25,28)/b17-8-. The number of carbonyl (C=O) groups excluding carboxylic acids is 3. The number of rotatable bonds is 6. The molecule has 8 nitrogen and oxygen atoms in total. The number of aromatic hydroxyl groups is 1. The van der Waals surface area contributed by atoms with Gasteiger partial charge in [0.15, 0.2) is 11.5 Å². The lowest BCUT2D eigenvalue weighted by Crippen LogP contribution is -2.36. The molecule has 2 aromatic carbocycles. The van der Waals surface area contributed by atoms with E-state index >= 15 is 0 Å². The molecular formula is C21H17F3N2O6S. The summed E-state index contributed by atoms with van der Waals surface area (Å²) in [7, 11) is 2.57. The molecule has 33 heavy (non-hydrogen) atoms. The Kier molecular flexibility index (Phi) is 6.86. The summed E-state index contributed by atoms with van der Waals surface area (Å²) in [6.45, 7) is -0.708. The van der Waals surface area contributed by atoms with Crippen molar-refractivity contribution in [1.82, 2.24) is 4.90 Å². The van der Waals surface area contributed by atoms with Crippen molar-refractivity contribution < 1.29 is 42.1 Å². The maximum atomic E-state index is 13.0. The summed E-state index contributed by atoms with van der Waals surface area (Å²) in [5.41, 5.74) is -0.790. The molecule has 0 atom stereocenters. The predicted octanol–water partition coefficient (Wildman–Crippen LogP) is 4.10. The number of benzene rings is 2. The Hall–Kier alpha value is -3.67. The van der Waals surface area contributed by atoms with E-state index in [1.54, 1.807) is 0 Å². The maximum Gasteiger partial charge on any atom is 0.416 e. The second-order valence-electron chi connectivity index (χ2n) is 6.66. The number of thioether (sulfide) groups is 1. The van der Waals surface area contributed by atoms with Gasteiger partial charge in [-0.25, -0.2) is 0 Å². The van der Waals surface area contributed by atoms with E-state index in [4.69, 9.17) is 9.47 Å². The molecule has 1 saturated heterocycles. The average Bonchev–Trinajstić information content (AvgIpc) is 3.01. The lowest BCUT2D eigenvalue weighted by Gasteiger charge is -2.16. The number of phenolic OH excluding ortho intramolecular Hbond substituents is 1. The molecule has 0 radical (unpaired) electrons. The number of hydrogen-bond donors (Lipinski definition) is 2. The van der Waals surface area contributed by atoms with Gasteiger partial charge in [0.2, 0.25) is 5.91 Å². The van der Waals surface area contributed by atoms with Crippen molar-refractivity contribution >= 4 is 40.6 Å². The number of halogens is 3. The van der Waals surface area contributed by atoms with E-state index in [0.29, 0.717) is 28.3 Å². The number of nitrogens with one attached hydrogen (secondary N) is 1. The summed E-state index contributed by atoms with van der Waals surface area (Å²) < 4.78 is 48.9. The summed E-state index contributed by atoms with van der Waals surface area (Å²) >= 11 is 0.598. The summed E-state index contributed by atoms with van der Waals surface area (Å²) in [6, 6.07) is 6.85. The molecule has 3 rings (SSSR count). The molecule has 0 aliphatic carbocycles. The molecule has 12 heteroatoms. The number of phenols is 1. The summed E-state index contributed by atoms with van der Waals surface area (Å²) in [5, 5.41) is 11.2. The first kappa shape index (κ1) is 24.0. The van der Waals surface area contributed by atoms with Crippen LogP contribution >= 0.6 is 11.8 Å². The van der Waals surface area contributed by atoms with Crippen LogP contribution in [0, 0.1) is 0 Å². The van der Waals surface area contributed by atoms with Crippen LogP contribution < -0.4 is 14.8 Å². The minimum Gasteiger partial charge on any atom is -0.504 e. The minimum atomic E-state index is -4.64. The summed E-state index contributed by atoms with van der Waals surface area (Å²) in [5.74, 6) is -1.60. The summed E-state index contributed by atoms with van der Waals surface area (Å²) in [4.78, 5) is 38.0. The lowest BCUT2D eigenvalue weighted by molar-refractivity contribution is -0.137.